The standard InChI is InChI=1S/C45H47F3N2O5S/c1-43(2,3)35-19-15-31(16-20-35)30-11-13-33(14-12-30)39(27-29-7-9-34(10-8-29)41(51)49-25-26-56(53,54)55)42(52)50-37-23-24-38(40(28-37)45(46,47)48)32-17-21-36(22-18-32)44(4,5)6/h7-24,28,39H,25-27H2,1-6H3,(H,49,51)(H,50,52)(H,53,54,55). The van der Waals surface area contributed by atoms with Crippen molar-refractivity contribution >= 4 is 27.6 Å². The fourth-order valence-electron chi connectivity index (χ4n) is 6.34. The average Bonchev–Trinajstić information content (AvgIpc) is 3.12. The van der Waals surface area contributed by atoms with Gasteiger partial charge in [-0.25, -0.2) is 0 Å². The molecule has 0 saturated heterocycles. The molecular formula is C45H47F3N2O5S. The van der Waals surface area contributed by atoms with Crippen molar-refractivity contribution in [1.29, 1.82) is 0 Å². The number of carbonyl (C=O) groups excluding carboxylic acids is 2. The van der Waals surface area contributed by atoms with E-state index in [4.69, 9.17) is 4.55 Å². The number of amides is 2. The number of hydrogen-bond acceptors (Lipinski definition) is 4. The fourth-order valence-corrected chi connectivity index (χ4v) is 6.70. The highest BCUT2D eigenvalue weighted by Crippen LogP contribution is 2.40. The van der Waals surface area contributed by atoms with Crippen LogP contribution < -0.4 is 10.6 Å². The maximum Gasteiger partial charge on any atom is 0.417 e. The number of halogens is 3. The SMILES string of the molecule is CC(C)(C)c1ccc(-c2ccc(C(Cc3ccc(C(=O)NCCS(=O)(=O)O)cc3)C(=O)Nc3ccc(-c4ccc(C(C)(C)C)cc4)c(C(F)(F)F)c3)cc2)cc1. The van der Waals surface area contributed by atoms with Gasteiger partial charge in [-0.2, -0.15) is 21.6 Å². The lowest BCUT2D eigenvalue weighted by atomic mass is 9.86. The molecule has 0 aliphatic heterocycles. The minimum atomic E-state index is -4.69. The molecule has 294 valence electrons. The number of carbonyl (C=O) groups is 2. The summed E-state index contributed by atoms with van der Waals surface area (Å²) in [4.78, 5) is 26.6. The van der Waals surface area contributed by atoms with Gasteiger partial charge in [-0.1, -0.05) is 133 Å². The summed E-state index contributed by atoms with van der Waals surface area (Å²) in [5.74, 6) is -2.53. The second kappa shape index (κ2) is 16.5. The summed E-state index contributed by atoms with van der Waals surface area (Å²) >= 11 is 0. The van der Waals surface area contributed by atoms with E-state index in [9.17, 15) is 31.2 Å². The van der Waals surface area contributed by atoms with E-state index in [0.717, 1.165) is 22.8 Å². The Morgan fingerprint density at radius 2 is 1.18 bits per heavy atom. The lowest BCUT2D eigenvalue weighted by molar-refractivity contribution is -0.137. The van der Waals surface area contributed by atoms with Gasteiger partial charge in [-0.15, -0.1) is 0 Å². The summed E-state index contributed by atoms with van der Waals surface area (Å²) in [6.45, 7) is 12.2. The van der Waals surface area contributed by atoms with Crippen molar-refractivity contribution in [2.45, 2.75) is 70.9 Å². The van der Waals surface area contributed by atoms with E-state index < -0.39 is 45.3 Å². The Morgan fingerprint density at radius 3 is 1.66 bits per heavy atom. The molecule has 1 atom stereocenters. The van der Waals surface area contributed by atoms with Crippen LogP contribution in [0.5, 0.6) is 0 Å². The van der Waals surface area contributed by atoms with Crippen LogP contribution in [0.1, 0.15) is 85.6 Å². The number of hydrogen-bond donors (Lipinski definition) is 3. The highest BCUT2D eigenvalue weighted by molar-refractivity contribution is 7.85. The number of alkyl halides is 3. The van der Waals surface area contributed by atoms with Gasteiger partial charge in [-0.05, 0) is 86.0 Å². The predicted molar refractivity (Wildman–Crippen MR) is 216 cm³/mol. The topological polar surface area (TPSA) is 113 Å². The highest BCUT2D eigenvalue weighted by atomic mass is 32.2. The van der Waals surface area contributed by atoms with E-state index in [1.54, 1.807) is 24.3 Å². The van der Waals surface area contributed by atoms with Crippen molar-refractivity contribution in [1.82, 2.24) is 5.32 Å². The molecule has 0 spiro atoms. The largest absolute Gasteiger partial charge is 0.417 e. The lowest BCUT2D eigenvalue weighted by Gasteiger charge is -2.21. The molecule has 11 heteroatoms. The third kappa shape index (κ3) is 10.9. The average molecular weight is 785 g/mol. The van der Waals surface area contributed by atoms with Gasteiger partial charge in [0.15, 0.2) is 0 Å². The monoisotopic (exact) mass is 784 g/mol. The van der Waals surface area contributed by atoms with Crippen molar-refractivity contribution in [2.24, 2.45) is 0 Å². The van der Waals surface area contributed by atoms with E-state index in [1.807, 2.05) is 69.3 Å². The minimum absolute atomic E-state index is 0.000687. The molecule has 3 N–H and O–H groups in total. The minimum Gasteiger partial charge on any atom is -0.351 e. The van der Waals surface area contributed by atoms with Gasteiger partial charge in [0.05, 0.1) is 17.2 Å². The van der Waals surface area contributed by atoms with Gasteiger partial charge in [0.25, 0.3) is 16.0 Å². The smallest absolute Gasteiger partial charge is 0.351 e. The Balaban J connectivity index is 1.44. The zero-order valence-electron chi connectivity index (χ0n) is 32.3. The van der Waals surface area contributed by atoms with Crippen molar-refractivity contribution in [2.75, 3.05) is 17.6 Å². The summed E-state index contributed by atoms with van der Waals surface area (Å²) in [7, 11) is -4.24. The van der Waals surface area contributed by atoms with E-state index in [0.29, 0.717) is 16.7 Å². The van der Waals surface area contributed by atoms with Gasteiger partial charge in [-0.3, -0.25) is 14.1 Å². The van der Waals surface area contributed by atoms with Crippen molar-refractivity contribution in [3.05, 3.63) is 149 Å². The molecule has 0 aromatic heterocycles. The Hall–Kier alpha value is -5.26. The number of nitrogens with one attached hydrogen (secondary N) is 2. The van der Waals surface area contributed by atoms with Crippen LogP contribution in [-0.2, 0) is 38.3 Å². The lowest BCUT2D eigenvalue weighted by Crippen LogP contribution is -2.28. The molecule has 5 aromatic carbocycles. The molecule has 2 amide bonds. The Labute approximate surface area is 327 Å². The molecule has 5 rings (SSSR count). The number of rotatable bonds is 11. The van der Waals surface area contributed by atoms with E-state index >= 15 is 0 Å². The van der Waals surface area contributed by atoms with Crippen LogP contribution in [0.3, 0.4) is 0 Å². The summed E-state index contributed by atoms with van der Waals surface area (Å²) in [5, 5.41) is 5.17. The Kier molecular flexibility index (Phi) is 12.3. The molecule has 7 nitrogen and oxygen atoms in total. The molecule has 0 heterocycles. The first-order valence-corrected chi connectivity index (χ1v) is 19.9. The van der Waals surface area contributed by atoms with Gasteiger partial charge >= 0.3 is 6.18 Å². The van der Waals surface area contributed by atoms with Crippen molar-refractivity contribution < 1.29 is 35.7 Å². The zero-order valence-corrected chi connectivity index (χ0v) is 33.1. The van der Waals surface area contributed by atoms with Crippen molar-refractivity contribution in [3.63, 3.8) is 0 Å². The first-order valence-electron chi connectivity index (χ1n) is 18.2. The molecule has 0 bridgehead atoms. The summed E-state index contributed by atoms with van der Waals surface area (Å²) < 4.78 is 74.5. The van der Waals surface area contributed by atoms with Crippen LogP contribution in [-0.4, -0.2) is 37.1 Å². The van der Waals surface area contributed by atoms with E-state index in [1.165, 1.54) is 29.8 Å². The van der Waals surface area contributed by atoms with Crippen molar-refractivity contribution in [3.8, 4) is 22.3 Å². The second-order valence-electron chi connectivity index (χ2n) is 16.0. The first-order chi connectivity index (χ1) is 26.1. The Bertz CT molecular complexity index is 2270. The molecule has 0 aliphatic carbocycles. The predicted octanol–water partition coefficient (Wildman–Crippen LogP) is 10.2. The van der Waals surface area contributed by atoms with Crippen LogP contribution in [0.25, 0.3) is 22.3 Å². The van der Waals surface area contributed by atoms with Gasteiger partial charge < -0.3 is 10.6 Å². The number of anilines is 1. The summed E-state index contributed by atoms with van der Waals surface area (Å²) in [5.41, 5.74) is 5.00. The molecule has 1 unspecified atom stereocenters. The maximum absolute atomic E-state index is 14.5. The maximum atomic E-state index is 14.5. The van der Waals surface area contributed by atoms with Crippen LogP contribution in [0, 0.1) is 0 Å². The molecule has 0 fully saturated rings. The second-order valence-corrected chi connectivity index (χ2v) is 17.6. The van der Waals surface area contributed by atoms with Gasteiger partial charge in [0.1, 0.15) is 0 Å². The van der Waals surface area contributed by atoms with Gasteiger partial charge in [0.2, 0.25) is 5.91 Å². The third-order valence-electron chi connectivity index (χ3n) is 9.67. The Morgan fingerprint density at radius 1 is 0.679 bits per heavy atom. The van der Waals surface area contributed by atoms with Crippen LogP contribution >= 0.6 is 0 Å². The fraction of sp³-hybridized carbons (Fsp3) is 0.289. The van der Waals surface area contributed by atoms with Crippen LogP contribution in [0.2, 0.25) is 0 Å². The third-order valence-corrected chi connectivity index (χ3v) is 10.4. The van der Waals surface area contributed by atoms with Gasteiger partial charge in [0, 0.05) is 17.8 Å². The molecule has 0 aliphatic rings. The van der Waals surface area contributed by atoms with Crippen LogP contribution in [0.4, 0.5) is 18.9 Å². The van der Waals surface area contributed by atoms with E-state index in [2.05, 4.69) is 43.5 Å². The molecule has 5 aromatic rings. The van der Waals surface area contributed by atoms with E-state index in [-0.39, 0.29) is 40.6 Å². The summed E-state index contributed by atoms with van der Waals surface area (Å²) in [6.07, 6.45) is -4.54. The normalized spacial score (nSPS) is 12.9. The van der Waals surface area contributed by atoms with Crippen LogP contribution in [0.15, 0.2) is 115 Å². The molecule has 0 saturated carbocycles. The summed E-state index contributed by atoms with van der Waals surface area (Å²) in [6, 6.07) is 32.9. The quantitative estimate of drug-likeness (QED) is 0.116. The zero-order chi connectivity index (χ0) is 41.1. The molecule has 0 radical (unpaired) electrons. The molecule has 56 heavy (non-hydrogen) atoms. The molecular weight excluding hydrogens is 738 g/mol. The number of benzene rings is 5. The highest BCUT2D eigenvalue weighted by Gasteiger charge is 2.34. The first kappa shape index (κ1) is 41.9.